The highest BCUT2D eigenvalue weighted by atomic mass is 32.2. The largest absolute Gasteiger partial charge is 0.494 e. The summed E-state index contributed by atoms with van der Waals surface area (Å²) < 4.78 is 8.07. The van der Waals surface area contributed by atoms with Crippen molar-refractivity contribution < 1.29 is 9.53 Å². The molecule has 1 aromatic carbocycles. The maximum absolute atomic E-state index is 11.2. The molecule has 0 aliphatic heterocycles. The Bertz CT molecular complexity index is 890. The number of nitrogens with zero attached hydrogens (tertiary/aromatic N) is 4. The number of benzene rings is 1. The minimum Gasteiger partial charge on any atom is -0.494 e. The number of aryl methyl sites for hydroxylation is 1. The van der Waals surface area contributed by atoms with Crippen LogP contribution in [0.25, 0.3) is 5.69 Å². The molecule has 9 heteroatoms. The first-order valence-corrected chi connectivity index (χ1v) is 9.34. The standard InChI is InChI=1S/C16H17N5O2S2/c1-10-8-24-16(18-10)25-9-15-19-14(7-13(17)22)20-21(15)11-5-3-4-6-12(11)23-2/h3-6,8H,7,9H2,1-2H3,(H2,17,22). The molecule has 0 aliphatic carbocycles. The Hall–Kier alpha value is -2.39. The van der Waals surface area contributed by atoms with Crippen molar-refractivity contribution in [2.75, 3.05) is 7.11 Å². The van der Waals surface area contributed by atoms with Crippen molar-refractivity contribution in [2.24, 2.45) is 5.73 Å². The SMILES string of the molecule is COc1ccccc1-n1nc(CC(N)=O)nc1CSc1nc(C)cs1. The van der Waals surface area contributed by atoms with Gasteiger partial charge in [0.05, 0.1) is 19.3 Å². The van der Waals surface area contributed by atoms with Crippen LogP contribution in [-0.2, 0) is 17.0 Å². The van der Waals surface area contributed by atoms with E-state index in [1.807, 2.05) is 36.6 Å². The Balaban J connectivity index is 1.94. The van der Waals surface area contributed by atoms with E-state index in [1.165, 1.54) is 0 Å². The van der Waals surface area contributed by atoms with Gasteiger partial charge >= 0.3 is 0 Å². The van der Waals surface area contributed by atoms with Crippen LogP contribution in [0, 0.1) is 6.92 Å². The van der Waals surface area contributed by atoms with Gasteiger partial charge in [0.25, 0.3) is 0 Å². The van der Waals surface area contributed by atoms with E-state index in [0.29, 0.717) is 23.2 Å². The number of hydrogen-bond acceptors (Lipinski definition) is 7. The van der Waals surface area contributed by atoms with Crippen LogP contribution in [0.2, 0.25) is 0 Å². The molecule has 0 radical (unpaired) electrons. The molecule has 130 valence electrons. The molecule has 0 saturated heterocycles. The van der Waals surface area contributed by atoms with Gasteiger partial charge < -0.3 is 10.5 Å². The summed E-state index contributed by atoms with van der Waals surface area (Å²) in [4.78, 5) is 20.1. The van der Waals surface area contributed by atoms with Gasteiger partial charge in [-0.1, -0.05) is 23.9 Å². The summed E-state index contributed by atoms with van der Waals surface area (Å²) >= 11 is 3.17. The molecule has 0 fully saturated rings. The summed E-state index contributed by atoms with van der Waals surface area (Å²) in [5, 5.41) is 6.45. The van der Waals surface area contributed by atoms with Gasteiger partial charge in [-0.15, -0.1) is 11.3 Å². The van der Waals surface area contributed by atoms with Crippen LogP contribution in [0.3, 0.4) is 0 Å². The summed E-state index contributed by atoms with van der Waals surface area (Å²) in [7, 11) is 1.60. The van der Waals surface area contributed by atoms with Crippen molar-refractivity contribution >= 4 is 29.0 Å². The van der Waals surface area contributed by atoms with E-state index in [0.717, 1.165) is 15.7 Å². The number of carbonyl (C=O) groups is 1. The number of thioether (sulfide) groups is 1. The minimum atomic E-state index is -0.466. The van der Waals surface area contributed by atoms with Crippen molar-refractivity contribution in [3.8, 4) is 11.4 Å². The molecule has 0 unspecified atom stereocenters. The Morgan fingerprint density at radius 3 is 2.84 bits per heavy atom. The lowest BCUT2D eigenvalue weighted by Crippen LogP contribution is -2.14. The molecule has 0 saturated carbocycles. The Morgan fingerprint density at radius 1 is 1.36 bits per heavy atom. The molecular weight excluding hydrogens is 358 g/mol. The van der Waals surface area contributed by atoms with Crippen molar-refractivity contribution in [3.63, 3.8) is 0 Å². The average Bonchev–Trinajstić information content (AvgIpc) is 3.18. The number of aromatic nitrogens is 4. The second kappa shape index (κ2) is 7.66. The molecule has 0 bridgehead atoms. The Kier molecular flexibility index (Phi) is 5.34. The molecule has 2 N–H and O–H groups in total. The fourth-order valence-electron chi connectivity index (χ4n) is 2.24. The third kappa shape index (κ3) is 4.18. The molecule has 2 heterocycles. The zero-order valence-corrected chi connectivity index (χ0v) is 15.4. The number of amides is 1. The lowest BCUT2D eigenvalue weighted by Gasteiger charge is -2.09. The number of hydrogen-bond donors (Lipinski definition) is 1. The second-order valence-corrected chi connectivity index (χ2v) is 7.30. The van der Waals surface area contributed by atoms with Crippen LogP contribution in [0.5, 0.6) is 5.75 Å². The zero-order chi connectivity index (χ0) is 17.8. The maximum atomic E-state index is 11.2. The number of nitrogens with two attached hydrogens (primary N) is 1. The molecule has 0 atom stereocenters. The van der Waals surface area contributed by atoms with Gasteiger partial charge in [0, 0.05) is 11.1 Å². The van der Waals surface area contributed by atoms with Crippen LogP contribution in [0.4, 0.5) is 0 Å². The molecule has 1 amide bonds. The zero-order valence-electron chi connectivity index (χ0n) is 13.8. The first-order chi connectivity index (χ1) is 12.1. The number of ether oxygens (including phenoxy) is 1. The van der Waals surface area contributed by atoms with Crippen LogP contribution >= 0.6 is 23.1 Å². The molecule has 7 nitrogen and oxygen atoms in total. The van der Waals surface area contributed by atoms with Crippen LogP contribution in [0.1, 0.15) is 17.3 Å². The molecule has 3 rings (SSSR count). The lowest BCUT2D eigenvalue weighted by atomic mass is 10.3. The predicted octanol–water partition coefficient (Wildman–Crippen LogP) is 2.36. The third-order valence-electron chi connectivity index (χ3n) is 3.29. The minimum absolute atomic E-state index is 0.00379. The first-order valence-electron chi connectivity index (χ1n) is 7.48. The van der Waals surface area contributed by atoms with E-state index in [9.17, 15) is 4.79 Å². The van der Waals surface area contributed by atoms with Gasteiger partial charge in [0.15, 0.2) is 10.2 Å². The monoisotopic (exact) mass is 375 g/mol. The van der Waals surface area contributed by atoms with Gasteiger partial charge in [-0.3, -0.25) is 4.79 Å². The summed E-state index contributed by atoms with van der Waals surface area (Å²) in [5.74, 6) is 1.88. The normalized spacial score (nSPS) is 10.8. The predicted molar refractivity (Wildman–Crippen MR) is 97.2 cm³/mol. The summed E-state index contributed by atoms with van der Waals surface area (Å²) in [6.45, 7) is 1.96. The van der Waals surface area contributed by atoms with Crippen molar-refractivity contribution in [2.45, 2.75) is 23.4 Å². The van der Waals surface area contributed by atoms with E-state index in [2.05, 4.69) is 15.1 Å². The average molecular weight is 375 g/mol. The van der Waals surface area contributed by atoms with E-state index in [1.54, 1.807) is 34.9 Å². The third-order valence-corrected chi connectivity index (χ3v) is 5.42. The molecular formula is C16H17N5O2S2. The molecule has 3 aromatic rings. The Morgan fingerprint density at radius 2 is 2.16 bits per heavy atom. The van der Waals surface area contributed by atoms with Gasteiger partial charge in [-0.25, -0.2) is 14.6 Å². The van der Waals surface area contributed by atoms with E-state index in [4.69, 9.17) is 10.5 Å². The highest BCUT2D eigenvalue weighted by Crippen LogP contribution is 2.28. The summed E-state index contributed by atoms with van der Waals surface area (Å²) in [6, 6.07) is 7.53. The van der Waals surface area contributed by atoms with E-state index >= 15 is 0 Å². The van der Waals surface area contributed by atoms with Crippen LogP contribution < -0.4 is 10.5 Å². The van der Waals surface area contributed by atoms with E-state index < -0.39 is 5.91 Å². The topological polar surface area (TPSA) is 95.9 Å². The molecule has 2 aromatic heterocycles. The summed E-state index contributed by atoms with van der Waals surface area (Å²) in [5.41, 5.74) is 7.04. The number of methoxy groups -OCH3 is 1. The fraction of sp³-hybridized carbons (Fsp3) is 0.250. The number of para-hydroxylation sites is 2. The van der Waals surface area contributed by atoms with Crippen LogP contribution in [-0.4, -0.2) is 32.8 Å². The van der Waals surface area contributed by atoms with Gasteiger partial charge in [0.1, 0.15) is 17.3 Å². The van der Waals surface area contributed by atoms with Crippen molar-refractivity contribution in [3.05, 3.63) is 47.0 Å². The van der Waals surface area contributed by atoms with Crippen molar-refractivity contribution in [1.29, 1.82) is 0 Å². The second-order valence-electron chi connectivity index (χ2n) is 5.21. The smallest absolute Gasteiger partial charge is 0.225 e. The molecule has 25 heavy (non-hydrogen) atoms. The first kappa shape index (κ1) is 17.4. The fourth-order valence-corrected chi connectivity index (χ4v) is 4.00. The van der Waals surface area contributed by atoms with Gasteiger partial charge in [-0.2, -0.15) is 5.10 Å². The number of rotatable bonds is 7. The summed E-state index contributed by atoms with van der Waals surface area (Å²) in [6.07, 6.45) is -0.00379. The maximum Gasteiger partial charge on any atom is 0.225 e. The number of thiazole rings is 1. The highest BCUT2D eigenvalue weighted by molar-refractivity contribution is 8.00. The highest BCUT2D eigenvalue weighted by Gasteiger charge is 2.16. The molecule has 0 spiro atoms. The van der Waals surface area contributed by atoms with Gasteiger partial charge in [-0.05, 0) is 19.1 Å². The number of primary amides is 1. The van der Waals surface area contributed by atoms with Gasteiger partial charge in [0.2, 0.25) is 5.91 Å². The van der Waals surface area contributed by atoms with Crippen molar-refractivity contribution in [1.82, 2.24) is 19.7 Å². The lowest BCUT2D eigenvalue weighted by molar-refractivity contribution is -0.117. The Labute approximate surface area is 153 Å². The van der Waals surface area contributed by atoms with E-state index in [-0.39, 0.29) is 6.42 Å². The quantitative estimate of drug-likeness (QED) is 0.637. The number of carbonyl (C=O) groups excluding carboxylic acids is 1. The molecule has 0 aliphatic rings. The van der Waals surface area contributed by atoms with Crippen LogP contribution in [0.15, 0.2) is 34.0 Å².